The first-order chi connectivity index (χ1) is 9.74. The van der Waals surface area contributed by atoms with Gasteiger partial charge in [-0.3, -0.25) is 4.79 Å². The van der Waals surface area contributed by atoms with Crippen LogP contribution in [0.3, 0.4) is 0 Å². The number of benzene rings is 2. The molecule has 0 bridgehead atoms. The molecule has 98 valence electrons. The monoisotopic (exact) mass is 265 g/mol. The normalized spacial score (nSPS) is 10.6. The fraction of sp³-hybridized carbons (Fsp3) is 0.0625. The first-order valence-electron chi connectivity index (χ1n) is 6.21. The molecule has 0 atom stereocenters. The van der Waals surface area contributed by atoms with E-state index in [1.807, 2.05) is 6.07 Å². The molecule has 0 saturated carbocycles. The van der Waals surface area contributed by atoms with E-state index in [4.69, 9.17) is 4.42 Å². The molecule has 2 aromatic carbocycles. The van der Waals surface area contributed by atoms with Crippen molar-refractivity contribution < 1.29 is 9.21 Å². The largest absolute Gasteiger partial charge is 0.420 e. The van der Waals surface area contributed by atoms with Gasteiger partial charge >= 0.3 is 5.63 Å². The first kappa shape index (κ1) is 12.3. The number of carbonyl (C=O) groups excluding carboxylic acids is 1. The predicted molar refractivity (Wildman–Crippen MR) is 74.8 cm³/mol. The summed E-state index contributed by atoms with van der Waals surface area (Å²) in [5.41, 5.74) is 1.13. The average Bonchev–Trinajstić information content (AvgIpc) is 2.49. The fourth-order valence-electron chi connectivity index (χ4n) is 1.98. The third kappa shape index (κ3) is 2.36. The molecule has 0 saturated heterocycles. The second-order valence-electron chi connectivity index (χ2n) is 4.38. The number of carbonyl (C=O) groups is 1. The third-order valence-electron chi connectivity index (χ3n) is 2.98. The topological polar surface area (TPSA) is 60.2 Å². The molecule has 0 N–H and O–H groups in total. The van der Waals surface area contributed by atoms with Gasteiger partial charge < -0.3 is 4.42 Å². The number of hydrogen-bond acceptors (Lipinski definition) is 4. The first-order valence-corrected chi connectivity index (χ1v) is 6.21. The maximum atomic E-state index is 12.1. The number of hydrogen-bond donors (Lipinski definition) is 0. The minimum Gasteiger partial charge on any atom is -0.420 e. The van der Waals surface area contributed by atoms with Crippen LogP contribution in [0.1, 0.15) is 16.1 Å². The maximum absolute atomic E-state index is 12.1. The lowest BCUT2D eigenvalue weighted by Crippen LogP contribution is -2.15. The van der Waals surface area contributed by atoms with Crippen LogP contribution < -0.4 is 5.63 Å². The summed E-state index contributed by atoms with van der Waals surface area (Å²) in [7, 11) is 0. The van der Waals surface area contributed by atoms with Gasteiger partial charge in [-0.25, -0.2) is 9.78 Å². The molecule has 0 aliphatic heterocycles. The van der Waals surface area contributed by atoms with Crippen LogP contribution >= 0.6 is 0 Å². The lowest BCUT2D eigenvalue weighted by molar-refractivity contribution is 0.0991. The van der Waals surface area contributed by atoms with Crippen molar-refractivity contribution in [1.29, 1.82) is 0 Å². The number of Topliss-reactive ketones (excluding diaryl/α,β-unsaturated/α-hetero) is 1. The molecule has 1 heterocycles. The van der Waals surface area contributed by atoms with Crippen LogP contribution in [-0.2, 0) is 6.42 Å². The molecule has 3 aromatic rings. The molecule has 0 unspecified atom stereocenters. The highest BCUT2D eigenvalue weighted by Gasteiger charge is 2.13. The Morgan fingerprint density at radius 1 is 1.00 bits per heavy atom. The Hall–Kier alpha value is -2.75. The van der Waals surface area contributed by atoms with Gasteiger partial charge in [-0.2, -0.15) is 0 Å². The second-order valence-corrected chi connectivity index (χ2v) is 4.38. The molecule has 0 aliphatic rings. The number of aromatic nitrogens is 1. The van der Waals surface area contributed by atoms with Crippen molar-refractivity contribution in [2.24, 2.45) is 0 Å². The van der Waals surface area contributed by atoms with Gasteiger partial charge in [0.2, 0.25) is 0 Å². The predicted octanol–water partition coefficient (Wildman–Crippen LogP) is 2.61. The van der Waals surface area contributed by atoms with Gasteiger partial charge in [0.05, 0.1) is 6.42 Å². The van der Waals surface area contributed by atoms with E-state index in [1.165, 1.54) is 0 Å². The Bertz CT molecular complexity index is 822. The third-order valence-corrected chi connectivity index (χ3v) is 2.98. The molecule has 0 fully saturated rings. The molecule has 0 amide bonds. The maximum Gasteiger partial charge on any atom is 0.358 e. The number of para-hydroxylation sites is 2. The Kier molecular flexibility index (Phi) is 3.13. The van der Waals surface area contributed by atoms with Crippen LogP contribution in [0.5, 0.6) is 0 Å². The van der Waals surface area contributed by atoms with Crippen LogP contribution in [0.25, 0.3) is 11.1 Å². The van der Waals surface area contributed by atoms with E-state index in [2.05, 4.69) is 4.98 Å². The van der Waals surface area contributed by atoms with Crippen LogP contribution in [0.4, 0.5) is 0 Å². The van der Waals surface area contributed by atoms with E-state index < -0.39 is 5.63 Å². The fourth-order valence-corrected chi connectivity index (χ4v) is 1.98. The zero-order chi connectivity index (χ0) is 13.9. The van der Waals surface area contributed by atoms with Crippen molar-refractivity contribution in [3.8, 4) is 0 Å². The van der Waals surface area contributed by atoms with E-state index in [0.29, 0.717) is 16.7 Å². The van der Waals surface area contributed by atoms with Gasteiger partial charge in [-0.05, 0) is 12.1 Å². The molecule has 3 rings (SSSR count). The highest BCUT2D eigenvalue weighted by atomic mass is 16.4. The van der Waals surface area contributed by atoms with Crippen LogP contribution in [0.2, 0.25) is 0 Å². The van der Waals surface area contributed by atoms with Crippen molar-refractivity contribution in [2.45, 2.75) is 6.42 Å². The summed E-state index contributed by atoms with van der Waals surface area (Å²) in [5, 5.41) is 0. The zero-order valence-corrected chi connectivity index (χ0v) is 10.6. The van der Waals surface area contributed by atoms with Gasteiger partial charge in [0.1, 0.15) is 11.2 Å². The Balaban J connectivity index is 1.97. The molecule has 0 spiro atoms. The summed E-state index contributed by atoms with van der Waals surface area (Å²) < 4.78 is 5.16. The average molecular weight is 265 g/mol. The minimum atomic E-state index is -0.562. The van der Waals surface area contributed by atoms with E-state index >= 15 is 0 Å². The number of ketones is 1. The molecular weight excluding hydrogens is 254 g/mol. The van der Waals surface area contributed by atoms with Crippen molar-refractivity contribution in [3.05, 3.63) is 76.3 Å². The van der Waals surface area contributed by atoms with E-state index in [1.54, 1.807) is 48.5 Å². The smallest absolute Gasteiger partial charge is 0.358 e. The quantitative estimate of drug-likeness (QED) is 0.683. The Morgan fingerprint density at radius 3 is 2.50 bits per heavy atom. The summed E-state index contributed by atoms with van der Waals surface area (Å²) in [6.07, 6.45) is -0.0584. The number of nitrogens with zero attached hydrogens (tertiary/aromatic N) is 1. The standard InChI is InChI=1S/C16H11NO3/c18-14(11-6-2-1-3-7-11)10-13-16(19)20-15-9-5-4-8-12(15)17-13/h1-9H,10H2. The van der Waals surface area contributed by atoms with E-state index in [9.17, 15) is 9.59 Å². The van der Waals surface area contributed by atoms with Crippen molar-refractivity contribution >= 4 is 16.9 Å². The van der Waals surface area contributed by atoms with Gasteiger partial charge in [0.25, 0.3) is 0 Å². The van der Waals surface area contributed by atoms with E-state index in [0.717, 1.165) is 0 Å². The van der Waals surface area contributed by atoms with Crippen LogP contribution in [-0.4, -0.2) is 10.8 Å². The van der Waals surface area contributed by atoms with Crippen LogP contribution in [0.15, 0.2) is 63.8 Å². The van der Waals surface area contributed by atoms with E-state index in [-0.39, 0.29) is 17.9 Å². The Morgan fingerprint density at radius 2 is 1.70 bits per heavy atom. The molecular formula is C16H11NO3. The summed E-state index contributed by atoms with van der Waals surface area (Å²) in [4.78, 5) is 28.1. The number of fused-ring (bicyclic) bond motifs is 1. The highest BCUT2D eigenvalue weighted by Crippen LogP contribution is 2.10. The summed E-state index contributed by atoms with van der Waals surface area (Å²) in [6.45, 7) is 0. The summed E-state index contributed by atoms with van der Waals surface area (Å²) >= 11 is 0. The van der Waals surface area contributed by atoms with Crippen LogP contribution in [0, 0.1) is 0 Å². The van der Waals surface area contributed by atoms with Gasteiger partial charge in [0.15, 0.2) is 11.4 Å². The Labute approximate surface area is 114 Å². The molecule has 4 nitrogen and oxygen atoms in total. The second kappa shape index (κ2) is 5.09. The zero-order valence-electron chi connectivity index (χ0n) is 10.6. The van der Waals surface area contributed by atoms with Crippen molar-refractivity contribution in [3.63, 3.8) is 0 Å². The molecule has 1 aromatic heterocycles. The summed E-state index contributed by atoms with van der Waals surface area (Å²) in [5.74, 6) is -0.152. The van der Waals surface area contributed by atoms with Gasteiger partial charge in [-0.1, -0.05) is 42.5 Å². The molecule has 0 aliphatic carbocycles. The number of rotatable bonds is 3. The van der Waals surface area contributed by atoms with Gasteiger partial charge in [0, 0.05) is 5.56 Å². The summed E-state index contributed by atoms with van der Waals surface area (Å²) in [6, 6.07) is 15.8. The molecule has 0 radical (unpaired) electrons. The lowest BCUT2D eigenvalue weighted by atomic mass is 10.1. The molecule has 20 heavy (non-hydrogen) atoms. The van der Waals surface area contributed by atoms with Crippen molar-refractivity contribution in [1.82, 2.24) is 4.98 Å². The highest BCUT2D eigenvalue weighted by molar-refractivity contribution is 5.97. The van der Waals surface area contributed by atoms with Crippen molar-refractivity contribution in [2.75, 3.05) is 0 Å². The molecule has 4 heteroatoms. The SMILES string of the molecule is O=C(Cc1nc2ccccc2oc1=O)c1ccccc1. The lowest BCUT2D eigenvalue weighted by Gasteiger charge is -2.01. The minimum absolute atomic E-state index is 0.0584. The van der Waals surface area contributed by atoms with Gasteiger partial charge in [-0.15, -0.1) is 0 Å².